The number of halogens is 1. The quantitative estimate of drug-likeness (QED) is 0.684. The Balaban J connectivity index is 2.21. The van der Waals surface area contributed by atoms with Crippen molar-refractivity contribution in [2.24, 2.45) is 0 Å². The Hall–Kier alpha value is -1.24. The molecule has 1 fully saturated rings. The predicted molar refractivity (Wildman–Crippen MR) is 78.0 cm³/mol. The Morgan fingerprint density at radius 2 is 2.16 bits per heavy atom. The molecule has 1 amide bonds. The van der Waals surface area contributed by atoms with Crippen LogP contribution in [0.15, 0.2) is 29.2 Å². The van der Waals surface area contributed by atoms with E-state index in [2.05, 4.69) is 0 Å². The summed E-state index contributed by atoms with van der Waals surface area (Å²) in [7, 11) is 0. The van der Waals surface area contributed by atoms with Gasteiger partial charge < -0.3 is 5.11 Å². The zero-order valence-electron chi connectivity index (χ0n) is 10.0. The molecular formula is C13H12FNO2S2. The normalized spacial score (nSPS) is 17.6. The molecule has 1 aliphatic rings. The Bertz CT molecular complexity index is 545. The van der Waals surface area contributed by atoms with Crippen LogP contribution in [0.1, 0.15) is 12.0 Å². The maximum atomic E-state index is 13.5. The molecule has 100 valence electrons. The highest BCUT2D eigenvalue weighted by atomic mass is 32.2. The monoisotopic (exact) mass is 297 g/mol. The van der Waals surface area contributed by atoms with Crippen LogP contribution in [0.4, 0.5) is 4.39 Å². The number of rotatable bonds is 4. The van der Waals surface area contributed by atoms with E-state index in [0.29, 0.717) is 27.8 Å². The smallest absolute Gasteiger partial charge is 0.266 e. The number of amides is 1. The molecule has 1 N–H and O–H groups in total. The van der Waals surface area contributed by atoms with E-state index in [9.17, 15) is 9.18 Å². The van der Waals surface area contributed by atoms with Gasteiger partial charge in [-0.05, 0) is 18.6 Å². The zero-order chi connectivity index (χ0) is 13.8. The fourth-order valence-electron chi connectivity index (χ4n) is 1.65. The van der Waals surface area contributed by atoms with Crippen LogP contribution < -0.4 is 0 Å². The maximum absolute atomic E-state index is 13.5. The van der Waals surface area contributed by atoms with Gasteiger partial charge in [0, 0.05) is 18.7 Å². The van der Waals surface area contributed by atoms with E-state index < -0.39 is 0 Å². The summed E-state index contributed by atoms with van der Waals surface area (Å²) >= 11 is 6.27. The third kappa shape index (κ3) is 3.20. The van der Waals surface area contributed by atoms with Gasteiger partial charge in [-0.2, -0.15) is 0 Å². The Morgan fingerprint density at radius 1 is 1.42 bits per heavy atom. The van der Waals surface area contributed by atoms with Gasteiger partial charge in [0.1, 0.15) is 10.1 Å². The third-order valence-corrected chi connectivity index (χ3v) is 3.98. The van der Waals surface area contributed by atoms with E-state index in [4.69, 9.17) is 17.3 Å². The highest BCUT2D eigenvalue weighted by Crippen LogP contribution is 2.32. The van der Waals surface area contributed by atoms with Gasteiger partial charge in [0.2, 0.25) is 0 Å². The lowest BCUT2D eigenvalue weighted by Crippen LogP contribution is -2.29. The molecule has 1 heterocycles. The second-order valence-electron chi connectivity index (χ2n) is 3.93. The molecule has 3 nitrogen and oxygen atoms in total. The van der Waals surface area contributed by atoms with Crippen molar-refractivity contribution >= 4 is 40.3 Å². The summed E-state index contributed by atoms with van der Waals surface area (Å²) in [5.74, 6) is -0.602. The molecule has 1 saturated heterocycles. The first-order chi connectivity index (χ1) is 9.13. The molecule has 1 aliphatic heterocycles. The van der Waals surface area contributed by atoms with E-state index in [1.165, 1.54) is 17.0 Å². The standard InChI is InChI=1S/C13H12FNO2S2/c14-10-5-2-1-4-9(10)8-11-12(17)15(6-3-7-16)13(18)19-11/h1-2,4-5,8,16H,3,6-7H2/b11-8-. The van der Waals surface area contributed by atoms with Crippen LogP contribution in [0.3, 0.4) is 0 Å². The molecule has 1 aromatic carbocycles. The molecule has 1 aromatic rings. The minimum Gasteiger partial charge on any atom is -0.396 e. The van der Waals surface area contributed by atoms with Gasteiger partial charge in [0.15, 0.2) is 0 Å². The summed E-state index contributed by atoms with van der Waals surface area (Å²) in [6, 6.07) is 6.26. The van der Waals surface area contributed by atoms with Crippen LogP contribution in [0.25, 0.3) is 6.08 Å². The number of hydrogen-bond acceptors (Lipinski definition) is 4. The van der Waals surface area contributed by atoms with Gasteiger partial charge in [-0.1, -0.05) is 42.2 Å². The maximum Gasteiger partial charge on any atom is 0.266 e. The predicted octanol–water partition coefficient (Wildman–Crippen LogP) is 2.41. The molecule has 19 heavy (non-hydrogen) atoms. The molecule has 0 bridgehead atoms. The number of benzene rings is 1. The van der Waals surface area contributed by atoms with Crippen LogP contribution >= 0.6 is 24.0 Å². The van der Waals surface area contributed by atoms with Gasteiger partial charge >= 0.3 is 0 Å². The molecule has 0 unspecified atom stereocenters. The first kappa shape index (κ1) is 14.2. The first-order valence-electron chi connectivity index (χ1n) is 5.74. The molecule has 0 atom stereocenters. The van der Waals surface area contributed by atoms with E-state index >= 15 is 0 Å². The van der Waals surface area contributed by atoms with E-state index in [-0.39, 0.29) is 18.3 Å². The van der Waals surface area contributed by atoms with Crippen molar-refractivity contribution in [2.45, 2.75) is 6.42 Å². The second-order valence-corrected chi connectivity index (χ2v) is 5.61. The van der Waals surface area contributed by atoms with Crippen molar-refractivity contribution in [2.75, 3.05) is 13.2 Å². The molecular weight excluding hydrogens is 285 g/mol. The lowest BCUT2D eigenvalue weighted by atomic mass is 10.2. The number of nitrogens with zero attached hydrogens (tertiary/aromatic N) is 1. The van der Waals surface area contributed by atoms with Crippen molar-refractivity contribution < 1.29 is 14.3 Å². The van der Waals surface area contributed by atoms with Crippen LogP contribution in [-0.4, -0.2) is 33.4 Å². The Kier molecular flexibility index (Phi) is 4.68. The largest absolute Gasteiger partial charge is 0.396 e. The number of carbonyl (C=O) groups excluding carboxylic acids is 1. The average Bonchev–Trinajstić information content (AvgIpc) is 2.65. The summed E-state index contributed by atoms with van der Waals surface area (Å²) in [5.41, 5.74) is 0.366. The van der Waals surface area contributed by atoms with Crippen molar-refractivity contribution in [1.29, 1.82) is 0 Å². The number of carbonyl (C=O) groups is 1. The van der Waals surface area contributed by atoms with Gasteiger partial charge in [-0.15, -0.1) is 0 Å². The average molecular weight is 297 g/mol. The molecule has 6 heteroatoms. The van der Waals surface area contributed by atoms with E-state index in [0.717, 1.165) is 11.8 Å². The summed E-state index contributed by atoms with van der Waals surface area (Å²) in [6.45, 7) is 0.388. The van der Waals surface area contributed by atoms with Crippen molar-refractivity contribution in [3.63, 3.8) is 0 Å². The molecule has 0 saturated carbocycles. The SMILES string of the molecule is O=C1/C(=C/c2ccccc2F)SC(=S)N1CCCO. The van der Waals surface area contributed by atoms with E-state index in [1.807, 2.05) is 0 Å². The lowest BCUT2D eigenvalue weighted by molar-refractivity contribution is -0.122. The molecule has 2 rings (SSSR count). The van der Waals surface area contributed by atoms with Crippen molar-refractivity contribution in [3.8, 4) is 0 Å². The van der Waals surface area contributed by atoms with Gasteiger partial charge in [0.25, 0.3) is 5.91 Å². The second kappa shape index (κ2) is 6.27. The summed E-state index contributed by atoms with van der Waals surface area (Å²) in [6.07, 6.45) is 1.98. The fourth-order valence-corrected chi connectivity index (χ4v) is 2.95. The number of thioether (sulfide) groups is 1. The van der Waals surface area contributed by atoms with Crippen LogP contribution in [0, 0.1) is 5.82 Å². The number of hydrogen-bond donors (Lipinski definition) is 1. The van der Waals surface area contributed by atoms with Gasteiger partial charge in [-0.25, -0.2) is 4.39 Å². The minimum absolute atomic E-state index is 0.00339. The minimum atomic E-state index is -0.372. The number of aliphatic hydroxyl groups is 1. The van der Waals surface area contributed by atoms with Crippen molar-refractivity contribution in [3.05, 3.63) is 40.6 Å². The first-order valence-corrected chi connectivity index (χ1v) is 6.96. The number of thiocarbonyl (C=S) groups is 1. The lowest BCUT2D eigenvalue weighted by Gasteiger charge is -2.12. The van der Waals surface area contributed by atoms with Crippen molar-refractivity contribution in [1.82, 2.24) is 4.90 Å². The van der Waals surface area contributed by atoms with Gasteiger partial charge in [0.05, 0.1) is 4.91 Å². The highest BCUT2D eigenvalue weighted by Gasteiger charge is 2.31. The third-order valence-electron chi connectivity index (χ3n) is 2.61. The molecule has 0 radical (unpaired) electrons. The Labute approximate surface area is 120 Å². The van der Waals surface area contributed by atoms with E-state index in [1.54, 1.807) is 18.2 Å². The van der Waals surface area contributed by atoms with Crippen LogP contribution in [-0.2, 0) is 4.79 Å². The Morgan fingerprint density at radius 3 is 2.84 bits per heavy atom. The van der Waals surface area contributed by atoms with Gasteiger partial charge in [-0.3, -0.25) is 9.69 Å². The van der Waals surface area contributed by atoms with Crippen LogP contribution in [0.5, 0.6) is 0 Å². The fraction of sp³-hybridized carbons (Fsp3) is 0.231. The summed E-state index contributed by atoms with van der Waals surface area (Å²) < 4.78 is 14.0. The summed E-state index contributed by atoms with van der Waals surface area (Å²) in [4.78, 5) is 13.9. The van der Waals surface area contributed by atoms with Crippen LogP contribution in [0.2, 0.25) is 0 Å². The molecule has 0 spiro atoms. The summed E-state index contributed by atoms with van der Waals surface area (Å²) in [5, 5.41) is 8.78. The topological polar surface area (TPSA) is 40.5 Å². The zero-order valence-corrected chi connectivity index (χ0v) is 11.6. The highest BCUT2D eigenvalue weighted by molar-refractivity contribution is 8.26. The molecule has 0 aliphatic carbocycles. The molecule has 0 aromatic heterocycles. The number of aliphatic hydroxyl groups excluding tert-OH is 1.